The monoisotopic (exact) mass is 448 g/mol. The summed E-state index contributed by atoms with van der Waals surface area (Å²) in [6.45, 7) is 0. The molecule has 0 fully saturated rings. The number of hydrogen-bond donors (Lipinski definition) is 1. The third-order valence-corrected chi connectivity index (χ3v) is 4.77. The van der Waals surface area contributed by atoms with Crippen molar-refractivity contribution in [3.63, 3.8) is 0 Å². The number of carbonyl (C=O) groups excluding carboxylic acids is 1. The minimum atomic E-state index is -0.700. The number of carbonyl (C=O) groups is 1. The predicted octanol–water partition coefficient (Wildman–Crippen LogP) is 3.57. The summed E-state index contributed by atoms with van der Waals surface area (Å²) < 4.78 is 5.76. The summed E-state index contributed by atoms with van der Waals surface area (Å²) >= 11 is 7.14. The van der Waals surface area contributed by atoms with Crippen molar-refractivity contribution in [1.29, 1.82) is 0 Å². The molecule has 0 aliphatic heterocycles. The predicted molar refractivity (Wildman–Crippen MR) is 112 cm³/mol. The molecule has 10 nitrogen and oxygen atoms in total. The van der Waals surface area contributed by atoms with Crippen molar-refractivity contribution in [3.8, 4) is 23.0 Å². The van der Waals surface area contributed by atoms with Crippen molar-refractivity contribution in [2.45, 2.75) is 11.6 Å². The molecule has 3 rings (SSSR count). The number of aromatic nitrogens is 4. The number of nitrogens with one attached hydrogen (secondary N) is 1. The van der Waals surface area contributed by atoms with E-state index in [2.05, 4.69) is 19.9 Å². The molecule has 3 aromatic rings. The second kappa shape index (κ2) is 9.09. The van der Waals surface area contributed by atoms with Crippen LogP contribution < -0.4 is 4.74 Å². The molecule has 0 spiro atoms. The Balaban J connectivity index is 2.07. The van der Waals surface area contributed by atoms with Crippen molar-refractivity contribution in [1.82, 2.24) is 24.8 Å². The lowest BCUT2D eigenvalue weighted by Crippen LogP contribution is -2.23. The molecule has 0 bridgehead atoms. The highest BCUT2D eigenvalue weighted by atomic mass is 35.5. The highest BCUT2D eigenvalue weighted by Crippen LogP contribution is 2.37. The van der Waals surface area contributed by atoms with Crippen LogP contribution in [0.5, 0.6) is 11.6 Å². The number of halogens is 1. The van der Waals surface area contributed by atoms with Crippen LogP contribution in [-0.4, -0.2) is 56.0 Å². The molecular formula is C18H17ClN6O4S. The number of rotatable bonds is 7. The molecule has 0 unspecified atom stereocenters. The zero-order valence-corrected chi connectivity index (χ0v) is 17.8. The fraction of sp³-hybridized carbons (Fsp3) is 0.222. The third kappa shape index (κ3) is 4.86. The quantitative estimate of drug-likeness (QED) is 0.191. The molecule has 156 valence electrons. The number of aromatic amines is 1. The van der Waals surface area contributed by atoms with E-state index in [9.17, 15) is 14.9 Å². The Morgan fingerprint density at radius 3 is 2.70 bits per heavy atom. The number of nitrogens with zero attached hydrogens (tertiary/aromatic N) is 5. The van der Waals surface area contributed by atoms with Gasteiger partial charge in [-0.2, -0.15) is 4.98 Å². The molecule has 30 heavy (non-hydrogen) atoms. The highest BCUT2D eigenvalue weighted by molar-refractivity contribution is 7.98. The maximum Gasteiger partial charge on any atom is 0.368 e. The zero-order valence-electron chi connectivity index (χ0n) is 16.2. The molecule has 0 aliphatic carbocycles. The fourth-order valence-electron chi connectivity index (χ4n) is 2.53. The van der Waals surface area contributed by atoms with Gasteiger partial charge in [-0.25, -0.2) is 9.97 Å². The number of benzene rings is 1. The van der Waals surface area contributed by atoms with Crippen LogP contribution in [0.25, 0.3) is 11.4 Å². The molecule has 0 aliphatic rings. The van der Waals surface area contributed by atoms with Gasteiger partial charge in [-0.05, 0) is 30.0 Å². The number of imidazole rings is 1. The molecule has 12 heteroatoms. The van der Waals surface area contributed by atoms with Crippen LogP contribution in [-0.2, 0) is 11.2 Å². The third-order valence-electron chi connectivity index (χ3n) is 3.96. The standard InChI is InChI=1S/C18H17ClN6O4S/c1-24(2)13(26)8-10-6-11(16-20-4-5-21-16)9-12(7-10)29-17-14(25(27)28)15(19)22-18(23-17)30-3/h4-7,9H,8H2,1-3H3,(H,20,21). The maximum atomic E-state index is 12.2. The number of nitro groups is 1. The van der Waals surface area contributed by atoms with E-state index >= 15 is 0 Å². The second-order valence-corrected chi connectivity index (χ2v) is 7.41. The van der Waals surface area contributed by atoms with E-state index in [0.717, 1.165) is 0 Å². The van der Waals surface area contributed by atoms with Crippen molar-refractivity contribution >= 4 is 35.0 Å². The normalized spacial score (nSPS) is 10.7. The average Bonchev–Trinajstić information content (AvgIpc) is 3.21. The van der Waals surface area contributed by atoms with Gasteiger partial charge >= 0.3 is 11.6 Å². The molecule has 0 saturated carbocycles. The van der Waals surface area contributed by atoms with Gasteiger partial charge in [-0.1, -0.05) is 23.4 Å². The number of ether oxygens (including phenoxy) is 1. The minimum absolute atomic E-state index is 0.112. The summed E-state index contributed by atoms with van der Waals surface area (Å²) in [6, 6.07) is 5.05. The Labute approximate surface area is 180 Å². The molecule has 0 saturated heterocycles. The van der Waals surface area contributed by atoms with Gasteiger partial charge in [0.05, 0.1) is 11.3 Å². The van der Waals surface area contributed by atoms with Crippen LogP contribution in [0.2, 0.25) is 5.15 Å². The van der Waals surface area contributed by atoms with Gasteiger partial charge in [-0.3, -0.25) is 14.9 Å². The Morgan fingerprint density at radius 2 is 2.10 bits per heavy atom. The van der Waals surface area contributed by atoms with Crippen LogP contribution in [0.1, 0.15) is 5.56 Å². The van der Waals surface area contributed by atoms with E-state index in [1.54, 1.807) is 50.9 Å². The van der Waals surface area contributed by atoms with Crippen LogP contribution in [0.15, 0.2) is 35.7 Å². The van der Waals surface area contributed by atoms with Gasteiger partial charge < -0.3 is 14.6 Å². The molecular weight excluding hydrogens is 432 g/mol. The summed E-state index contributed by atoms with van der Waals surface area (Å²) in [6.07, 6.45) is 5.07. The summed E-state index contributed by atoms with van der Waals surface area (Å²) in [7, 11) is 3.32. The molecule has 1 amide bonds. The molecule has 0 radical (unpaired) electrons. The Bertz CT molecular complexity index is 1090. The SMILES string of the molecule is CSc1nc(Cl)c([N+](=O)[O-])c(Oc2cc(CC(=O)N(C)C)cc(-c3ncc[nH]3)c2)n1. The lowest BCUT2D eigenvalue weighted by molar-refractivity contribution is -0.386. The highest BCUT2D eigenvalue weighted by Gasteiger charge is 2.26. The number of H-pyrrole nitrogens is 1. The van der Waals surface area contributed by atoms with Crippen molar-refractivity contribution < 1.29 is 14.5 Å². The van der Waals surface area contributed by atoms with Crippen molar-refractivity contribution in [2.75, 3.05) is 20.4 Å². The van der Waals surface area contributed by atoms with Gasteiger partial charge in [0, 0.05) is 32.1 Å². The average molecular weight is 449 g/mol. The first-order chi connectivity index (χ1) is 14.3. The van der Waals surface area contributed by atoms with E-state index in [-0.39, 0.29) is 34.3 Å². The van der Waals surface area contributed by atoms with Crippen molar-refractivity contribution in [2.24, 2.45) is 0 Å². The van der Waals surface area contributed by atoms with Crippen LogP contribution in [0.4, 0.5) is 5.69 Å². The molecule has 2 heterocycles. The first kappa shape index (κ1) is 21.5. The Hall–Kier alpha value is -3.18. The molecule has 1 aromatic carbocycles. The maximum absolute atomic E-state index is 12.2. The summed E-state index contributed by atoms with van der Waals surface area (Å²) in [5.74, 6) is 0.401. The summed E-state index contributed by atoms with van der Waals surface area (Å²) in [5, 5.41) is 11.4. The molecule has 0 atom stereocenters. The lowest BCUT2D eigenvalue weighted by Gasteiger charge is -2.13. The number of hydrogen-bond acceptors (Lipinski definition) is 8. The number of amides is 1. The van der Waals surface area contributed by atoms with Gasteiger partial charge in [-0.15, -0.1) is 0 Å². The van der Waals surface area contributed by atoms with Crippen molar-refractivity contribution in [3.05, 3.63) is 51.4 Å². The number of thioether (sulfide) groups is 1. The van der Waals surface area contributed by atoms with E-state index in [1.807, 2.05) is 0 Å². The van der Waals surface area contributed by atoms with Crippen LogP contribution in [0, 0.1) is 10.1 Å². The minimum Gasteiger partial charge on any atom is -0.434 e. The number of likely N-dealkylation sites (N-methyl/N-ethyl adjacent to an activating group) is 1. The first-order valence-electron chi connectivity index (χ1n) is 8.56. The fourth-order valence-corrected chi connectivity index (χ4v) is 3.17. The Kier molecular flexibility index (Phi) is 6.53. The van der Waals surface area contributed by atoms with E-state index in [0.29, 0.717) is 17.0 Å². The Morgan fingerprint density at radius 1 is 1.33 bits per heavy atom. The summed E-state index contributed by atoms with van der Waals surface area (Å²) in [4.78, 5) is 39.6. The lowest BCUT2D eigenvalue weighted by atomic mass is 10.1. The zero-order chi connectivity index (χ0) is 21.8. The first-order valence-corrected chi connectivity index (χ1v) is 10.2. The van der Waals surface area contributed by atoms with Gasteiger partial charge in [0.1, 0.15) is 11.6 Å². The van der Waals surface area contributed by atoms with Gasteiger partial charge in [0.2, 0.25) is 11.1 Å². The smallest absolute Gasteiger partial charge is 0.368 e. The van der Waals surface area contributed by atoms with Crippen LogP contribution >= 0.6 is 23.4 Å². The van der Waals surface area contributed by atoms with E-state index < -0.39 is 10.6 Å². The second-order valence-electron chi connectivity index (χ2n) is 6.28. The molecule has 2 aromatic heterocycles. The summed E-state index contributed by atoms with van der Waals surface area (Å²) in [5.41, 5.74) is 0.751. The van der Waals surface area contributed by atoms with Gasteiger partial charge in [0.15, 0.2) is 5.16 Å². The van der Waals surface area contributed by atoms with Crippen LogP contribution in [0.3, 0.4) is 0 Å². The largest absolute Gasteiger partial charge is 0.434 e. The molecule has 1 N–H and O–H groups in total. The topological polar surface area (TPSA) is 127 Å². The van der Waals surface area contributed by atoms with E-state index in [1.165, 1.54) is 16.7 Å². The van der Waals surface area contributed by atoms with Gasteiger partial charge in [0.25, 0.3) is 0 Å². The van der Waals surface area contributed by atoms with E-state index in [4.69, 9.17) is 16.3 Å².